The molecule has 2 saturated heterocycles. The number of carbonyl (C=O) groups excluding carboxylic acids is 2. The molecule has 4 fully saturated rings. The van der Waals surface area contributed by atoms with Crippen LogP contribution in [0.2, 0.25) is 0 Å². The lowest BCUT2D eigenvalue weighted by Crippen LogP contribution is -2.74. The molecule has 8 atom stereocenters. The van der Waals surface area contributed by atoms with E-state index < -0.39 is 58.2 Å². The van der Waals surface area contributed by atoms with Crippen LogP contribution < -0.4 is 0 Å². The molecular formula is C20H24O8. The van der Waals surface area contributed by atoms with Crippen LogP contribution in [0.4, 0.5) is 0 Å². The fraction of sp³-hybridized carbons (Fsp3) is 0.700. The Morgan fingerprint density at radius 1 is 1.07 bits per heavy atom. The highest BCUT2D eigenvalue weighted by atomic mass is 16.6. The first-order valence-corrected chi connectivity index (χ1v) is 9.65. The molecule has 1 aromatic heterocycles. The third-order valence-electron chi connectivity index (χ3n) is 8.29. The van der Waals surface area contributed by atoms with Crippen LogP contribution in [0, 0.1) is 16.7 Å². The Labute approximate surface area is 161 Å². The van der Waals surface area contributed by atoms with E-state index >= 15 is 0 Å². The van der Waals surface area contributed by atoms with Crippen molar-refractivity contribution < 1.29 is 38.8 Å². The van der Waals surface area contributed by atoms with E-state index in [4.69, 9.17) is 13.9 Å². The second-order valence-corrected chi connectivity index (χ2v) is 9.29. The van der Waals surface area contributed by atoms with Crippen molar-refractivity contribution in [3.05, 3.63) is 24.2 Å². The van der Waals surface area contributed by atoms with Gasteiger partial charge in [-0.1, -0.05) is 13.8 Å². The summed E-state index contributed by atoms with van der Waals surface area (Å²) in [5, 5.41) is 33.3. The minimum Gasteiger partial charge on any atom is -0.472 e. The molecule has 28 heavy (non-hydrogen) atoms. The SMILES string of the molecule is CC12CC(c3ccoc3)OC(=O)C1(O)CCC1(C)C2CC2OC(=O)C1(O)C2O. The third-order valence-corrected chi connectivity index (χ3v) is 8.29. The zero-order valence-electron chi connectivity index (χ0n) is 15.8. The molecule has 3 heterocycles. The molecule has 0 aromatic carbocycles. The first-order chi connectivity index (χ1) is 13.1. The van der Waals surface area contributed by atoms with Gasteiger partial charge in [-0.2, -0.15) is 0 Å². The molecule has 2 bridgehead atoms. The highest BCUT2D eigenvalue weighted by Crippen LogP contribution is 2.69. The lowest BCUT2D eigenvalue weighted by molar-refractivity contribution is -0.280. The molecule has 0 amide bonds. The van der Waals surface area contributed by atoms with Gasteiger partial charge in [-0.05, 0) is 37.7 Å². The highest BCUT2D eigenvalue weighted by molar-refractivity contribution is 5.86. The van der Waals surface area contributed by atoms with Gasteiger partial charge in [-0.25, -0.2) is 9.59 Å². The molecule has 8 unspecified atom stereocenters. The van der Waals surface area contributed by atoms with E-state index in [1.165, 1.54) is 12.5 Å². The fourth-order valence-corrected chi connectivity index (χ4v) is 6.47. The molecule has 2 aliphatic heterocycles. The van der Waals surface area contributed by atoms with Crippen LogP contribution in [0.3, 0.4) is 0 Å². The smallest absolute Gasteiger partial charge is 0.342 e. The number of carbonyl (C=O) groups is 2. The fourth-order valence-electron chi connectivity index (χ4n) is 6.47. The van der Waals surface area contributed by atoms with Crippen molar-refractivity contribution in [2.24, 2.45) is 16.7 Å². The molecule has 0 radical (unpaired) electrons. The number of cyclic esters (lactones) is 1. The zero-order chi connectivity index (χ0) is 20.1. The van der Waals surface area contributed by atoms with Gasteiger partial charge in [0.2, 0.25) is 0 Å². The van der Waals surface area contributed by atoms with Crippen LogP contribution in [0.1, 0.15) is 51.2 Å². The number of aliphatic hydroxyl groups excluding tert-OH is 1. The van der Waals surface area contributed by atoms with Crippen molar-refractivity contribution in [1.82, 2.24) is 0 Å². The highest BCUT2D eigenvalue weighted by Gasteiger charge is 2.79. The summed E-state index contributed by atoms with van der Waals surface area (Å²) in [6.45, 7) is 3.56. The largest absolute Gasteiger partial charge is 0.472 e. The standard InChI is InChI=1S/C20H24O8/c1-17-4-5-19(24)15(22)28-12(10-3-6-26-9-10)8-18(19,2)13(17)7-11-14(21)20(17,25)16(23)27-11/h3,6,9,11-14,21,24-25H,4-5,7-8H2,1-2H3. The average Bonchev–Trinajstić information content (AvgIpc) is 3.23. The second-order valence-electron chi connectivity index (χ2n) is 9.29. The van der Waals surface area contributed by atoms with E-state index in [0.29, 0.717) is 12.0 Å². The molecule has 8 heteroatoms. The molecule has 2 aliphatic carbocycles. The first-order valence-electron chi connectivity index (χ1n) is 9.65. The zero-order valence-corrected chi connectivity index (χ0v) is 15.8. The van der Waals surface area contributed by atoms with Crippen molar-refractivity contribution >= 4 is 11.9 Å². The molecule has 1 aromatic rings. The van der Waals surface area contributed by atoms with E-state index in [0.717, 1.165) is 0 Å². The Bertz CT molecular complexity index is 850. The van der Waals surface area contributed by atoms with Gasteiger partial charge in [0, 0.05) is 16.4 Å². The number of hydrogen-bond donors (Lipinski definition) is 3. The van der Waals surface area contributed by atoms with Gasteiger partial charge in [-0.3, -0.25) is 0 Å². The molecule has 3 N–H and O–H groups in total. The number of ether oxygens (including phenoxy) is 2. The van der Waals surface area contributed by atoms with Crippen molar-refractivity contribution in [2.75, 3.05) is 0 Å². The second kappa shape index (κ2) is 5.17. The van der Waals surface area contributed by atoms with Crippen molar-refractivity contribution in [3.63, 3.8) is 0 Å². The predicted octanol–water partition coefficient (Wildman–Crippen LogP) is 0.842. The molecule has 152 valence electrons. The van der Waals surface area contributed by atoms with E-state index in [1.54, 1.807) is 13.0 Å². The van der Waals surface area contributed by atoms with Gasteiger partial charge in [-0.15, -0.1) is 0 Å². The minimum absolute atomic E-state index is 0.0282. The summed E-state index contributed by atoms with van der Waals surface area (Å²) >= 11 is 0. The Morgan fingerprint density at radius 2 is 1.82 bits per heavy atom. The summed E-state index contributed by atoms with van der Waals surface area (Å²) in [4.78, 5) is 25.4. The lowest BCUT2D eigenvalue weighted by atomic mass is 9.41. The van der Waals surface area contributed by atoms with E-state index in [-0.39, 0.29) is 19.3 Å². The van der Waals surface area contributed by atoms with Gasteiger partial charge >= 0.3 is 11.9 Å². The van der Waals surface area contributed by atoms with Crippen LogP contribution >= 0.6 is 0 Å². The van der Waals surface area contributed by atoms with Crippen molar-refractivity contribution in [1.29, 1.82) is 0 Å². The van der Waals surface area contributed by atoms with Gasteiger partial charge in [0.15, 0.2) is 11.2 Å². The quantitative estimate of drug-likeness (QED) is 0.600. The monoisotopic (exact) mass is 392 g/mol. The van der Waals surface area contributed by atoms with Crippen LogP contribution in [-0.4, -0.2) is 50.7 Å². The number of aliphatic hydroxyl groups is 3. The topological polar surface area (TPSA) is 126 Å². The molecule has 4 aliphatic rings. The number of hydrogen-bond acceptors (Lipinski definition) is 8. The minimum atomic E-state index is -2.06. The van der Waals surface area contributed by atoms with Crippen LogP contribution in [0.25, 0.3) is 0 Å². The van der Waals surface area contributed by atoms with E-state index in [2.05, 4.69) is 0 Å². The molecule has 0 spiro atoms. The predicted molar refractivity (Wildman–Crippen MR) is 91.5 cm³/mol. The van der Waals surface area contributed by atoms with E-state index in [1.807, 2.05) is 6.92 Å². The summed E-state index contributed by atoms with van der Waals surface area (Å²) in [5.74, 6) is -1.97. The third kappa shape index (κ3) is 1.78. The molecular weight excluding hydrogens is 368 g/mol. The van der Waals surface area contributed by atoms with Gasteiger partial charge < -0.3 is 29.2 Å². The van der Waals surface area contributed by atoms with Gasteiger partial charge in [0.05, 0.1) is 12.5 Å². The Hall–Kier alpha value is -1.90. The maximum Gasteiger partial charge on any atom is 0.342 e. The maximum atomic E-state index is 12.9. The Balaban J connectivity index is 1.63. The van der Waals surface area contributed by atoms with Gasteiger partial charge in [0.25, 0.3) is 0 Å². The van der Waals surface area contributed by atoms with Gasteiger partial charge in [0.1, 0.15) is 18.3 Å². The lowest BCUT2D eigenvalue weighted by Gasteiger charge is -2.65. The number of furan rings is 1. The molecule has 8 nitrogen and oxygen atoms in total. The number of rotatable bonds is 1. The van der Waals surface area contributed by atoms with E-state index in [9.17, 15) is 24.9 Å². The molecule has 2 saturated carbocycles. The summed E-state index contributed by atoms with van der Waals surface area (Å²) in [6.07, 6.45) is 0.987. The average molecular weight is 392 g/mol. The normalized spacial score (nSPS) is 52.5. The number of fused-ring (bicyclic) bond motifs is 6. The van der Waals surface area contributed by atoms with Crippen LogP contribution in [0.5, 0.6) is 0 Å². The first kappa shape index (κ1) is 18.1. The summed E-state index contributed by atoms with van der Waals surface area (Å²) in [7, 11) is 0. The maximum absolute atomic E-state index is 12.9. The van der Waals surface area contributed by atoms with Crippen molar-refractivity contribution in [3.8, 4) is 0 Å². The summed E-state index contributed by atoms with van der Waals surface area (Å²) < 4.78 is 16.0. The molecule has 5 rings (SSSR count). The van der Waals surface area contributed by atoms with Crippen LogP contribution in [-0.2, 0) is 19.1 Å². The van der Waals surface area contributed by atoms with Crippen LogP contribution in [0.15, 0.2) is 23.0 Å². The Kier molecular flexibility index (Phi) is 3.35. The Morgan fingerprint density at radius 3 is 2.50 bits per heavy atom. The summed E-state index contributed by atoms with van der Waals surface area (Å²) in [5.41, 5.74) is -5.14. The van der Waals surface area contributed by atoms with Crippen molar-refractivity contribution in [2.45, 2.75) is 69.0 Å². The summed E-state index contributed by atoms with van der Waals surface area (Å²) in [6, 6.07) is 1.71. The number of esters is 2.